The van der Waals surface area contributed by atoms with Gasteiger partial charge in [0.2, 0.25) is 10.0 Å². The van der Waals surface area contributed by atoms with Crippen LogP contribution in [0.2, 0.25) is 0 Å². The summed E-state index contributed by atoms with van der Waals surface area (Å²) in [6, 6.07) is 5.96. The van der Waals surface area contributed by atoms with Crippen LogP contribution in [0.5, 0.6) is 0 Å². The van der Waals surface area contributed by atoms with E-state index in [0.717, 1.165) is 0 Å². The number of nitrogens with zero attached hydrogens (tertiary/aromatic N) is 4. The molecule has 1 aliphatic heterocycles. The minimum atomic E-state index is -3.59. The SMILES string of the molecule is COC(=O)Nc1ccc(S(=O)(=O)N2CCC(n3ccnn3)C2)cc1. The van der Waals surface area contributed by atoms with Gasteiger partial charge < -0.3 is 4.74 Å². The molecule has 1 aromatic carbocycles. The average molecular weight is 351 g/mol. The van der Waals surface area contributed by atoms with Gasteiger partial charge in [-0.2, -0.15) is 4.31 Å². The van der Waals surface area contributed by atoms with Crippen LogP contribution in [0.3, 0.4) is 0 Å². The highest BCUT2D eigenvalue weighted by molar-refractivity contribution is 7.89. The zero-order valence-electron chi connectivity index (χ0n) is 13.0. The first-order valence-corrected chi connectivity index (χ1v) is 8.75. The van der Waals surface area contributed by atoms with Crippen LogP contribution in [0, 0.1) is 0 Å². The summed E-state index contributed by atoms with van der Waals surface area (Å²) in [7, 11) is -2.33. The molecule has 1 N–H and O–H groups in total. The van der Waals surface area contributed by atoms with Crippen LogP contribution in [0.4, 0.5) is 10.5 Å². The average Bonchev–Trinajstić information content (AvgIpc) is 3.26. The molecule has 0 spiro atoms. The number of hydrogen-bond acceptors (Lipinski definition) is 6. The molecule has 1 atom stereocenters. The van der Waals surface area contributed by atoms with E-state index in [4.69, 9.17) is 0 Å². The first-order valence-electron chi connectivity index (χ1n) is 7.31. The summed E-state index contributed by atoms with van der Waals surface area (Å²) in [6.45, 7) is 0.781. The Balaban J connectivity index is 1.72. The number of benzene rings is 1. The standard InChI is InChI=1S/C14H17N5O4S/c1-23-14(20)16-11-2-4-13(5-3-11)24(21,22)18-8-6-12(10-18)19-9-7-15-17-19/h2-5,7,9,12H,6,8,10H2,1H3,(H,16,20). The van der Waals surface area contributed by atoms with Crippen LogP contribution < -0.4 is 5.32 Å². The van der Waals surface area contributed by atoms with Crippen molar-refractivity contribution in [3.05, 3.63) is 36.7 Å². The molecule has 1 saturated heterocycles. The molecule has 1 aromatic heterocycles. The summed E-state index contributed by atoms with van der Waals surface area (Å²) in [5.74, 6) is 0. The second-order valence-corrected chi connectivity index (χ2v) is 7.27. The maximum atomic E-state index is 12.7. The van der Waals surface area contributed by atoms with E-state index in [-0.39, 0.29) is 10.9 Å². The molecule has 0 saturated carbocycles. The zero-order chi connectivity index (χ0) is 17.2. The van der Waals surface area contributed by atoms with Crippen molar-refractivity contribution in [3.8, 4) is 0 Å². The third-order valence-corrected chi connectivity index (χ3v) is 5.74. The smallest absolute Gasteiger partial charge is 0.411 e. The lowest BCUT2D eigenvalue weighted by Gasteiger charge is -2.17. The van der Waals surface area contributed by atoms with Gasteiger partial charge in [0.05, 0.1) is 24.2 Å². The van der Waals surface area contributed by atoms with Gasteiger partial charge in [-0.25, -0.2) is 17.9 Å². The Bertz CT molecular complexity index is 804. The molecular formula is C14H17N5O4S. The summed E-state index contributed by atoms with van der Waals surface area (Å²) in [5.41, 5.74) is 0.461. The summed E-state index contributed by atoms with van der Waals surface area (Å²) in [4.78, 5) is 11.3. The Labute approximate surface area is 139 Å². The van der Waals surface area contributed by atoms with Crippen molar-refractivity contribution in [1.29, 1.82) is 0 Å². The van der Waals surface area contributed by atoms with Crippen molar-refractivity contribution in [2.45, 2.75) is 17.4 Å². The number of rotatable bonds is 4. The molecule has 0 aliphatic carbocycles. The largest absolute Gasteiger partial charge is 0.453 e. The van der Waals surface area contributed by atoms with Crippen molar-refractivity contribution in [2.24, 2.45) is 0 Å². The Hall–Kier alpha value is -2.46. The van der Waals surface area contributed by atoms with Crippen LogP contribution in [0.1, 0.15) is 12.5 Å². The van der Waals surface area contributed by atoms with Crippen LogP contribution >= 0.6 is 0 Å². The highest BCUT2D eigenvalue weighted by atomic mass is 32.2. The predicted octanol–water partition coefficient (Wildman–Crippen LogP) is 1.09. The molecular weight excluding hydrogens is 334 g/mol. The number of carbonyl (C=O) groups is 1. The quantitative estimate of drug-likeness (QED) is 0.884. The fraction of sp³-hybridized carbons (Fsp3) is 0.357. The first-order chi connectivity index (χ1) is 11.5. The molecule has 1 unspecified atom stereocenters. The Kier molecular flexibility index (Phi) is 4.49. The van der Waals surface area contributed by atoms with Gasteiger partial charge in [-0.3, -0.25) is 5.32 Å². The summed E-state index contributed by atoms with van der Waals surface area (Å²) in [6.07, 6.45) is 3.38. The fourth-order valence-electron chi connectivity index (χ4n) is 2.59. The van der Waals surface area contributed by atoms with E-state index < -0.39 is 16.1 Å². The highest BCUT2D eigenvalue weighted by Gasteiger charge is 2.33. The lowest BCUT2D eigenvalue weighted by molar-refractivity contribution is 0.187. The third kappa shape index (κ3) is 3.24. The number of carbonyl (C=O) groups excluding carboxylic acids is 1. The molecule has 10 heteroatoms. The van der Waals surface area contributed by atoms with Crippen molar-refractivity contribution in [2.75, 3.05) is 25.5 Å². The second-order valence-electron chi connectivity index (χ2n) is 5.33. The summed E-state index contributed by atoms with van der Waals surface area (Å²) < 4.78 is 33.0. The number of anilines is 1. The van der Waals surface area contributed by atoms with Gasteiger partial charge in [0.25, 0.3) is 0 Å². The number of methoxy groups -OCH3 is 1. The lowest BCUT2D eigenvalue weighted by Crippen LogP contribution is -2.29. The molecule has 0 bridgehead atoms. The summed E-state index contributed by atoms with van der Waals surface area (Å²) >= 11 is 0. The minimum absolute atomic E-state index is 0.0115. The van der Waals surface area contributed by atoms with Crippen molar-refractivity contribution >= 4 is 21.8 Å². The molecule has 1 aliphatic rings. The van der Waals surface area contributed by atoms with E-state index in [1.165, 1.54) is 35.7 Å². The van der Waals surface area contributed by atoms with Gasteiger partial charge in [-0.15, -0.1) is 5.10 Å². The minimum Gasteiger partial charge on any atom is -0.453 e. The lowest BCUT2D eigenvalue weighted by atomic mass is 10.3. The molecule has 1 fully saturated rings. The third-order valence-electron chi connectivity index (χ3n) is 3.87. The van der Waals surface area contributed by atoms with E-state index in [0.29, 0.717) is 25.2 Å². The van der Waals surface area contributed by atoms with E-state index in [2.05, 4.69) is 20.4 Å². The number of ether oxygens (including phenoxy) is 1. The Morgan fingerprint density at radius 1 is 1.33 bits per heavy atom. The van der Waals surface area contributed by atoms with Gasteiger partial charge in [0.15, 0.2) is 0 Å². The van der Waals surface area contributed by atoms with E-state index >= 15 is 0 Å². The number of amides is 1. The van der Waals surface area contributed by atoms with Gasteiger partial charge in [-0.05, 0) is 30.7 Å². The second kappa shape index (κ2) is 6.57. The van der Waals surface area contributed by atoms with Crippen LogP contribution in [-0.4, -0.2) is 54.0 Å². The van der Waals surface area contributed by atoms with Crippen LogP contribution in [0.25, 0.3) is 0 Å². The molecule has 3 rings (SSSR count). The Morgan fingerprint density at radius 3 is 2.71 bits per heavy atom. The molecule has 0 radical (unpaired) electrons. The first kappa shape index (κ1) is 16.4. The maximum Gasteiger partial charge on any atom is 0.411 e. The van der Waals surface area contributed by atoms with Crippen molar-refractivity contribution in [3.63, 3.8) is 0 Å². The number of aromatic nitrogens is 3. The Morgan fingerprint density at radius 2 is 2.08 bits per heavy atom. The molecule has 2 heterocycles. The van der Waals surface area contributed by atoms with E-state index in [1.54, 1.807) is 17.1 Å². The fourth-order valence-corrected chi connectivity index (χ4v) is 4.08. The van der Waals surface area contributed by atoms with Crippen LogP contribution in [0.15, 0.2) is 41.6 Å². The monoisotopic (exact) mass is 351 g/mol. The zero-order valence-corrected chi connectivity index (χ0v) is 13.8. The molecule has 9 nitrogen and oxygen atoms in total. The van der Waals surface area contributed by atoms with E-state index in [9.17, 15) is 13.2 Å². The van der Waals surface area contributed by atoms with Crippen molar-refractivity contribution in [1.82, 2.24) is 19.3 Å². The predicted molar refractivity (Wildman–Crippen MR) is 84.9 cm³/mol. The maximum absolute atomic E-state index is 12.7. The number of nitrogens with one attached hydrogen (secondary N) is 1. The van der Waals surface area contributed by atoms with Crippen molar-refractivity contribution < 1.29 is 17.9 Å². The van der Waals surface area contributed by atoms with Gasteiger partial charge in [0.1, 0.15) is 0 Å². The molecule has 2 aromatic rings. The van der Waals surface area contributed by atoms with Gasteiger partial charge >= 0.3 is 6.09 Å². The van der Waals surface area contributed by atoms with Gasteiger partial charge in [-0.1, -0.05) is 5.21 Å². The summed E-state index contributed by atoms with van der Waals surface area (Å²) in [5, 5.41) is 10.2. The number of sulfonamides is 1. The molecule has 128 valence electrons. The van der Waals surface area contributed by atoms with Crippen LogP contribution in [-0.2, 0) is 14.8 Å². The topological polar surface area (TPSA) is 106 Å². The molecule has 1 amide bonds. The van der Waals surface area contributed by atoms with Gasteiger partial charge in [0, 0.05) is 25.0 Å². The number of hydrogen-bond donors (Lipinski definition) is 1. The highest BCUT2D eigenvalue weighted by Crippen LogP contribution is 2.27. The molecule has 24 heavy (non-hydrogen) atoms. The normalized spacial score (nSPS) is 18.5. The van der Waals surface area contributed by atoms with E-state index in [1.807, 2.05) is 0 Å².